The smallest absolute Gasteiger partial charge is 0.338 e. The predicted octanol–water partition coefficient (Wildman–Crippen LogP) is 2.83. The fraction of sp³-hybridized carbons (Fsp3) is 0.583. The zero-order chi connectivity index (χ0) is 49.8. The van der Waals surface area contributed by atoms with E-state index in [0.717, 1.165) is 11.4 Å². The summed E-state index contributed by atoms with van der Waals surface area (Å²) in [6, 6.07) is 12.9. The number of nitrogens with one attached hydrogen (secondary N) is 1. The molecule has 0 unspecified atom stereocenters. The molecule has 19 heteroatoms. The largest absolute Gasteiger partial charge is 0.489 e. The number of rotatable bonds is 12. The van der Waals surface area contributed by atoms with E-state index in [1.165, 1.54) is 26.4 Å². The molecule has 10 atom stereocenters. The van der Waals surface area contributed by atoms with Gasteiger partial charge >= 0.3 is 5.97 Å². The summed E-state index contributed by atoms with van der Waals surface area (Å²) < 4.78 is 26.1. The lowest BCUT2D eigenvalue weighted by atomic mass is 9.94. The van der Waals surface area contributed by atoms with Crippen LogP contribution in [-0.2, 0) is 33.4 Å². The van der Waals surface area contributed by atoms with Crippen molar-refractivity contribution in [2.75, 3.05) is 37.2 Å². The molecule has 18 nitrogen and oxygen atoms in total. The number of fused-ring (bicyclic) bond motifs is 2. The standard InChI is InChI=1S/C24H36N2O7.C12H16N2O2.C12H20O5.ClH/c1-14(2)26-16-9-7-8-10-18(16)33-13-15(23(26)31)25-22(30)21(32-6)20(29)19(28)17(27)11-12-24(3,4)5;1-8(2)14-10-5-3-4-6-11(10)16-7-9(13)12(14)15;1-12(2,3)6-5-7(13)9-8(14)10(16-4)11(15)17-9;/h7-12,14-15,17,19-21,27-29H,13H2,1-6H3,(H,25,30);3-6,8-9H,7,13H2,1-2H3;5-10,13-14H,1-4H3;1H/b12-11+;;6-5+;/t15-,17+,19-,20+,21+;9-;7-,8-,9+,10-;/m001./s1. The van der Waals surface area contributed by atoms with Crippen LogP contribution in [0.3, 0.4) is 0 Å². The van der Waals surface area contributed by atoms with Crippen molar-refractivity contribution in [2.45, 2.75) is 142 Å². The molecule has 0 aromatic heterocycles. The third-order valence-corrected chi connectivity index (χ3v) is 10.3. The number of methoxy groups -OCH3 is 2. The first kappa shape index (κ1) is 58.5. The van der Waals surface area contributed by atoms with E-state index in [1.807, 2.05) is 93.5 Å². The van der Waals surface area contributed by atoms with Gasteiger partial charge in [0.25, 0.3) is 11.8 Å². The van der Waals surface area contributed by atoms with Crippen LogP contribution >= 0.6 is 12.4 Å². The lowest BCUT2D eigenvalue weighted by Crippen LogP contribution is -2.57. The van der Waals surface area contributed by atoms with Gasteiger partial charge in [-0.05, 0) is 62.8 Å². The van der Waals surface area contributed by atoms with Crippen molar-refractivity contribution in [2.24, 2.45) is 16.6 Å². The maximum Gasteiger partial charge on any atom is 0.338 e. The van der Waals surface area contributed by atoms with Crippen molar-refractivity contribution in [1.29, 1.82) is 0 Å². The van der Waals surface area contributed by atoms with Gasteiger partial charge in [-0.1, -0.05) is 90.1 Å². The second-order valence-electron chi connectivity index (χ2n) is 18.9. The topological polar surface area (TPSA) is 260 Å². The van der Waals surface area contributed by atoms with Gasteiger partial charge in [-0.2, -0.15) is 0 Å². The lowest BCUT2D eigenvalue weighted by Gasteiger charge is -2.30. The quantitative estimate of drug-likeness (QED) is 0.119. The van der Waals surface area contributed by atoms with Gasteiger partial charge in [0.2, 0.25) is 5.91 Å². The SMILES string of the molecule is CC(C)N1C(=O)[C@@H](N)COc2ccccc21.CO[C@@H](C(=O)N[C@H]1COc2ccccc2N(C(C)C)C1=O)[C@H](O)[C@@H](O)[C@H](O)/C=C/C(C)(C)C.CO[C@H]1C(=O)O[C@@H]([C@H](O)/C=C/C(C)(C)C)[C@H]1O.Cl. The monoisotopic (exact) mass is 964 g/mol. The first-order valence-electron chi connectivity index (χ1n) is 21.9. The predicted molar refractivity (Wildman–Crippen MR) is 255 cm³/mol. The number of esters is 1. The molecule has 3 amide bonds. The number of para-hydroxylation sites is 4. The number of allylic oxidation sites excluding steroid dienone is 2. The number of cyclic esters (lactones) is 1. The molecule has 2 aromatic rings. The van der Waals surface area contributed by atoms with Gasteiger partial charge in [-0.25, -0.2) is 4.79 Å². The Labute approximate surface area is 400 Å². The molecule has 67 heavy (non-hydrogen) atoms. The number of ether oxygens (including phenoxy) is 5. The van der Waals surface area contributed by atoms with Crippen LogP contribution in [0.2, 0.25) is 0 Å². The van der Waals surface area contributed by atoms with Crippen molar-refractivity contribution in [1.82, 2.24) is 5.32 Å². The number of halogens is 1. The highest BCUT2D eigenvalue weighted by Crippen LogP contribution is 2.34. The fourth-order valence-electron chi connectivity index (χ4n) is 6.93. The zero-order valence-electron chi connectivity index (χ0n) is 40.6. The Hall–Kier alpha value is -4.63. The van der Waals surface area contributed by atoms with Crippen LogP contribution in [0.5, 0.6) is 11.5 Å². The molecule has 0 spiro atoms. The summed E-state index contributed by atoms with van der Waals surface area (Å²) in [4.78, 5) is 52.7. The summed E-state index contributed by atoms with van der Waals surface area (Å²) in [7, 11) is 2.51. The van der Waals surface area contributed by atoms with E-state index >= 15 is 0 Å². The van der Waals surface area contributed by atoms with Crippen molar-refractivity contribution in [3.8, 4) is 11.5 Å². The summed E-state index contributed by atoms with van der Waals surface area (Å²) in [6.07, 6.45) is -4.15. The Morgan fingerprint density at radius 2 is 1.25 bits per heavy atom. The second kappa shape index (κ2) is 25.7. The van der Waals surface area contributed by atoms with Crippen molar-refractivity contribution in [3.05, 3.63) is 72.8 Å². The first-order valence-corrected chi connectivity index (χ1v) is 21.9. The molecule has 1 saturated heterocycles. The van der Waals surface area contributed by atoms with Crippen LogP contribution in [-0.4, -0.2) is 150 Å². The van der Waals surface area contributed by atoms with Crippen LogP contribution in [0.4, 0.5) is 11.4 Å². The number of benzene rings is 2. The third-order valence-electron chi connectivity index (χ3n) is 10.3. The van der Waals surface area contributed by atoms with E-state index in [9.17, 15) is 44.7 Å². The normalized spacial score (nSPS) is 23.1. The third kappa shape index (κ3) is 16.3. The molecule has 0 radical (unpaired) electrons. The number of aliphatic hydroxyl groups excluding tert-OH is 5. The fourth-order valence-corrected chi connectivity index (χ4v) is 6.93. The van der Waals surface area contributed by atoms with Crippen molar-refractivity contribution >= 4 is 47.5 Å². The van der Waals surface area contributed by atoms with E-state index in [-0.39, 0.29) is 60.3 Å². The first-order chi connectivity index (χ1) is 30.7. The number of carbonyl (C=O) groups is 4. The molecular weight excluding hydrogens is 892 g/mol. The number of carbonyl (C=O) groups excluding carboxylic acids is 4. The second-order valence-corrected chi connectivity index (χ2v) is 18.9. The van der Waals surface area contributed by atoms with Crippen LogP contribution in [0.25, 0.3) is 0 Å². The molecule has 3 heterocycles. The van der Waals surface area contributed by atoms with Crippen LogP contribution in [0, 0.1) is 10.8 Å². The Morgan fingerprint density at radius 3 is 1.72 bits per heavy atom. The van der Waals surface area contributed by atoms with E-state index in [1.54, 1.807) is 46.2 Å². The summed E-state index contributed by atoms with van der Waals surface area (Å²) in [5.41, 5.74) is 6.84. The summed E-state index contributed by atoms with van der Waals surface area (Å²) in [5, 5.41) is 53.2. The van der Waals surface area contributed by atoms with Crippen molar-refractivity contribution < 1.29 is 68.4 Å². The van der Waals surface area contributed by atoms with Gasteiger partial charge < -0.3 is 70.1 Å². The molecule has 0 aliphatic carbocycles. The van der Waals surface area contributed by atoms with Crippen LogP contribution in [0.1, 0.15) is 69.2 Å². The Kier molecular flexibility index (Phi) is 22.4. The molecule has 0 saturated carbocycles. The molecule has 376 valence electrons. The minimum absolute atomic E-state index is 0. The lowest BCUT2D eigenvalue weighted by molar-refractivity contribution is -0.151. The van der Waals surface area contributed by atoms with E-state index in [2.05, 4.69) is 5.32 Å². The minimum atomic E-state index is -1.74. The van der Waals surface area contributed by atoms with Gasteiger partial charge in [0.1, 0.15) is 67.3 Å². The van der Waals surface area contributed by atoms with Crippen molar-refractivity contribution in [3.63, 3.8) is 0 Å². The molecule has 8 N–H and O–H groups in total. The number of nitrogens with two attached hydrogens (primary N) is 1. The zero-order valence-corrected chi connectivity index (χ0v) is 41.4. The number of hydrogen-bond acceptors (Lipinski definition) is 15. The van der Waals surface area contributed by atoms with Gasteiger partial charge in [0, 0.05) is 26.3 Å². The number of nitrogens with zero attached hydrogens (tertiary/aromatic N) is 2. The van der Waals surface area contributed by atoms with E-state index < -0.39 is 72.8 Å². The molecule has 0 bridgehead atoms. The van der Waals surface area contributed by atoms with Gasteiger partial charge in [-0.3, -0.25) is 14.4 Å². The van der Waals surface area contributed by atoms with Gasteiger partial charge in [-0.15, -0.1) is 12.4 Å². The van der Waals surface area contributed by atoms with E-state index in [4.69, 9.17) is 29.4 Å². The highest BCUT2D eigenvalue weighted by atomic mass is 35.5. The maximum absolute atomic E-state index is 13.2. The van der Waals surface area contributed by atoms with Crippen LogP contribution < -0.4 is 30.3 Å². The molecule has 1 fully saturated rings. The number of anilines is 2. The number of aliphatic hydroxyl groups is 5. The molecule has 2 aromatic carbocycles. The Bertz CT molecular complexity index is 1990. The Balaban J connectivity index is 0.000000379. The maximum atomic E-state index is 13.2. The van der Waals surface area contributed by atoms with E-state index in [0.29, 0.717) is 11.4 Å². The minimum Gasteiger partial charge on any atom is -0.489 e. The highest BCUT2D eigenvalue weighted by Gasteiger charge is 2.47. The highest BCUT2D eigenvalue weighted by molar-refractivity contribution is 6.02. The van der Waals surface area contributed by atoms with Gasteiger partial charge in [0.05, 0.1) is 11.4 Å². The molecular formula is C48H73ClN4O14. The Morgan fingerprint density at radius 1 is 0.776 bits per heavy atom. The summed E-state index contributed by atoms with van der Waals surface area (Å²) >= 11 is 0. The molecule has 5 rings (SSSR count). The molecule has 3 aliphatic rings. The average molecular weight is 966 g/mol. The number of amides is 3. The van der Waals surface area contributed by atoms with Crippen LogP contribution in [0.15, 0.2) is 72.8 Å². The average Bonchev–Trinajstić information content (AvgIpc) is 3.36. The number of hydrogen-bond donors (Lipinski definition) is 7. The summed E-state index contributed by atoms with van der Waals surface area (Å²) in [6.45, 7) is 19.4. The molecule has 3 aliphatic heterocycles. The van der Waals surface area contributed by atoms with Gasteiger partial charge in [0.15, 0.2) is 18.3 Å². The summed E-state index contributed by atoms with van der Waals surface area (Å²) in [5.74, 6) is -0.677.